The number of carbonyl (C=O) groups excluding carboxylic acids is 2. The molecule has 0 atom stereocenters. The van der Waals surface area contributed by atoms with Gasteiger partial charge in [0.15, 0.2) is 18.1 Å². The van der Waals surface area contributed by atoms with Gasteiger partial charge in [-0.3, -0.25) is 19.7 Å². The molecule has 0 bridgehead atoms. The lowest BCUT2D eigenvalue weighted by molar-refractivity contribution is -0.384. The van der Waals surface area contributed by atoms with Gasteiger partial charge in [-0.05, 0) is 12.1 Å². The van der Waals surface area contributed by atoms with Gasteiger partial charge in [-0.1, -0.05) is 12.1 Å². The van der Waals surface area contributed by atoms with Crippen molar-refractivity contribution in [2.24, 2.45) is 0 Å². The lowest BCUT2D eigenvalue weighted by Crippen LogP contribution is -2.25. The van der Waals surface area contributed by atoms with E-state index in [1.807, 2.05) is 0 Å². The van der Waals surface area contributed by atoms with Crippen LogP contribution in [-0.2, 0) is 27.0 Å². The number of anilines is 1. The van der Waals surface area contributed by atoms with Gasteiger partial charge in [-0.15, -0.1) is 0 Å². The fraction of sp³-hybridized carbons (Fsp3) is 0.286. The maximum absolute atomic E-state index is 13.4. The van der Waals surface area contributed by atoms with Crippen LogP contribution < -0.4 is 14.8 Å². The number of nitrogens with one attached hydrogen (secondary N) is 1. The number of nitro benzene ring substituents is 1. The van der Waals surface area contributed by atoms with Crippen molar-refractivity contribution in [3.05, 3.63) is 52.3 Å². The van der Waals surface area contributed by atoms with Crippen molar-refractivity contribution >= 4 is 34.3 Å². The van der Waals surface area contributed by atoms with Crippen LogP contribution in [0.1, 0.15) is 12.2 Å². The molecule has 1 N–H and O–H groups in total. The Hall–Kier alpha value is -4.36. The van der Waals surface area contributed by atoms with Gasteiger partial charge >= 0.3 is 12.1 Å². The van der Waals surface area contributed by atoms with Crippen molar-refractivity contribution in [3.63, 3.8) is 0 Å². The van der Waals surface area contributed by atoms with Crippen molar-refractivity contribution < 1.29 is 41.9 Å². The van der Waals surface area contributed by atoms with Gasteiger partial charge in [0.2, 0.25) is 5.82 Å². The van der Waals surface area contributed by atoms with Crippen LogP contribution in [0.2, 0.25) is 0 Å². The standard InChI is InChI=1S/C21H17F3N4O7/c22-21(23,24)20-26-12-4-1-2-5-14(12)27(20)10-19(30)35-11-18(29)25-13-8-16-17(9-15(13)28(31)32)34-7-3-6-33-16/h1-2,4-5,8-9H,3,6-7,10-11H2,(H,25,29). The smallest absolute Gasteiger partial charge is 0.449 e. The van der Waals surface area contributed by atoms with E-state index in [1.54, 1.807) is 0 Å². The topological polar surface area (TPSA) is 135 Å². The third kappa shape index (κ3) is 5.26. The number of amides is 1. The Morgan fingerprint density at radius 3 is 2.54 bits per heavy atom. The van der Waals surface area contributed by atoms with E-state index in [0.29, 0.717) is 24.2 Å². The molecule has 0 saturated carbocycles. The van der Waals surface area contributed by atoms with E-state index in [1.165, 1.54) is 30.3 Å². The fourth-order valence-electron chi connectivity index (χ4n) is 3.41. The molecule has 2 aromatic carbocycles. The number of nitro groups is 1. The number of carbonyl (C=O) groups is 2. The number of imidazole rings is 1. The molecule has 11 nitrogen and oxygen atoms in total. The van der Waals surface area contributed by atoms with E-state index in [0.717, 1.165) is 6.07 Å². The molecule has 0 spiro atoms. The molecule has 35 heavy (non-hydrogen) atoms. The first-order valence-corrected chi connectivity index (χ1v) is 10.2. The van der Waals surface area contributed by atoms with E-state index >= 15 is 0 Å². The van der Waals surface area contributed by atoms with Crippen LogP contribution in [0.25, 0.3) is 11.0 Å². The summed E-state index contributed by atoms with van der Waals surface area (Å²) in [5.41, 5.74) is -0.606. The summed E-state index contributed by atoms with van der Waals surface area (Å²) in [6, 6.07) is 8.03. The highest BCUT2D eigenvalue weighted by atomic mass is 19.4. The lowest BCUT2D eigenvalue weighted by Gasteiger charge is -2.12. The molecule has 0 saturated heterocycles. The van der Waals surface area contributed by atoms with E-state index < -0.39 is 47.6 Å². The average molecular weight is 494 g/mol. The fourth-order valence-corrected chi connectivity index (χ4v) is 3.41. The molecule has 184 valence electrons. The van der Waals surface area contributed by atoms with E-state index in [-0.39, 0.29) is 28.2 Å². The number of ether oxygens (including phenoxy) is 3. The lowest BCUT2D eigenvalue weighted by atomic mass is 10.2. The summed E-state index contributed by atoms with van der Waals surface area (Å²) in [7, 11) is 0. The predicted octanol–water partition coefficient (Wildman–Crippen LogP) is 3.31. The maximum Gasteiger partial charge on any atom is 0.449 e. The van der Waals surface area contributed by atoms with Crippen LogP contribution in [0.5, 0.6) is 11.5 Å². The first-order chi connectivity index (χ1) is 16.6. The summed E-state index contributed by atoms with van der Waals surface area (Å²) >= 11 is 0. The van der Waals surface area contributed by atoms with E-state index in [9.17, 15) is 32.9 Å². The van der Waals surface area contributed by atoms with Gasteiger partial charge in [0.05, 0.1) is 35.2 Å². The van der Waals surface area contributed by atoms with Crippen LogP contribution >= 0.6 is 0 Å². The summed E-state index contributed by atoms with van der Waals surface area (Å²) in [4.78, 5) is 38.7. The summed E-state index contributed by atoms with van der Waals surface area (Å²) in [6.07, 6.45) is -4.27. The summed E-state index contributed by atoms with van der Waals surface area (Å²) in [5, 5.41) is 13.7. The molecule has 14 heteroatoms. The molecule has 0 unspecified atom stereocenters. The molecule has 2 heterocycles. The number of para-hydroxylation sites is 2. The van der Waals surface area contributed by atoms with Crippen LogP contribution in [0.15, 0.2) is 36.4 Å². The molecule has 3 aromatic rings. The minimum absolute atomic E-state index is 0.0343. The Bertz CT molecular complexity index is 1310. The monoisotopic (exact) mass is 494 g/mol. The molecule has 4 rings (SSSR count). The van der Waals surface area contributed by atoms with Crippen molar-refractivity contribution in [1.82, 2.24) is 9.55 Å². The molecule has 0 aliphatic carbocycles. The van der Waals surface area contributed by atoms with Crippen LogP contribution in [0, 0.1) is 10.1 Å². The van der Waals surface area contributed by atoms with Crippen molar-refractivity contribution in [1.29, 1.82) is 0 Å². The van der Waals surface area contributed by atoms with Crippen LogP contribution in [0.4, 0.5) is 24.5 Å². The van der Waals surface area contributed by atoms with E-state index in [2.05, 4.69) is 10.3 Å². The third-order valence-electron chi connectivity index (χ3n) is 4.90. The molecule has 1 aliphatic rings. The second-order valence-corrected chi connectivity index (χ2v) is 7.34. The molecule has 1 amide bonds. The number of benzene rings is 2. The zero-order chi connectivity index (χ0) is 25.2. The molecule has 1 aliphatic heterocycles. The van der Waals surface area contributed by atoms with Crippen LogP contribution in [-0.4, -0.2) is 46.2 Å². The van der Waals surface area contributed by atoms with Crippen molar-refractivity contribution in [2.45, 2.75) is 19.1 Å². The highest BCUT2D eigenvalue weighted by Crippen LogP contribution is 2.39. The van der Waals surface area contributed by atoms with Gasteiger partial charge < -0.3 is 24.1 Å². The zero-order valence-corrected chi connectivity index (χ0v) is 17.8. The minimum atomic E-state index is -4.83. The number of hydrogen-bond donors (Lipinski definition) is 1. The number of halogens is 3. The van der Waals surface area contributed by atoms with Gasteiger partial charge in [0.1, 0.15) is 12.2 Å². The second kappa shape index (κ2) is 9.48. The van der Waals surface area contributed by atoms with Gasteiger partial charge in [-0.2, -0.15) is 13.2 Å². The van der Waals surface area contributed by atoms with Crippen molar-refractivity contribution in [2.75, 3.05) is 25.1 Å². The maximum atomic E-state index is 13.4. The number of nitrogens with zero attached hydrogens (tertiary/aromatic N) is 3. The number of alkyl halides is 3. The Balaban J connectivity index is 1.45. The second-order valence-electron chi connectivity index (χ2n) is 7.34. The van der Waals surface area contributed by atoms with Gasteiger partial charge in [0, 0.05) is 12.5 Å². The number of fused-ring (bicyclic) bond motifs is 2. The highest BCUT2D eigenvalue weighted by Gasteiger charge is 2.38. The normalized spacial score (nSPS) is 13.2. The quantitative estimate of drug-likeness (QED) is 0.313. The third-order valence-corrected chi connectivity index (χ3v) is 4.90. The van der Waals surface area contributed by atoms with Gasteiger partial charge in [0.25, 0.3) is 11.6 Å². The number of aromatic nitrogens is 2. The molecular weight excluding hydrogens is 477 g/mol. The number of esters is 1. The Labute approximate surface area is 194 Å². The number of hydrogen-bond acceptors (Lipinski definition) is 8. The molecular formula is C21H17F3N4O7. The van der Waals surface area contributed by atoms with E-state index in [4.69, 9.17) is 14.2 Å². The summed E-state index contributed by atoms with van der Waals surface area (Å²) in [5.74, 6) is -3.04. The van der Waals surface area contributed by atoms with Gasteiger partial charge in [-0.25, -0.2) is 4.98 Å². The highest BCUT2D eigenvalue weighted by molar-refractivity contribution is 5.95. The largest absolute Gasteiger partial charge is 0.489 e. The Kier molecular flexibility index (Phi) is 6.44. The molecule has 1 aromatic heterocycles. The Morgan fingerprint density at radius 2 is 1.86 bits per heavy atom. The molecule has 0 fully saturated rings. The van der Waals surface area contributed by atoms with Crippen LogP contribution in [0.3, 0.4) is 0 Å². The first kappa shape index (κ1) is 23.8. The SMILES string of the molecule is O=C(COC(=O)Cn1c(C(F)(F)F)nc2ccccc21)Nc1cc2c(cc1[N+](=O)[O-])OCCCO2. The number of rotatable bonds is 6. The average Bonchev–Trinajstić information content (AvgIpc) is 3.01. The molecule has 0 radical (unpaired) electrons. The Morgan fingerprint density at radius 1 is 1.17 bits per heavy atom. The van der Waals surface area contributed by atoms with Crippen molar-refractivity contribution in [3.8, 4) is 11.5 Å². The summed E-state index contributed by atoms with van der Waals surface area (Å²) < 4.78 is 56.4. The predicted molar refractivity (Wildman–Crippen MR) is 113 cm³/mol. The first-order valence-electron chi connectivity index (χ1n) is 10.2. The minimum Gasteiger partial charge on any atom is -0.489 e. The zero-order valence-electron chi connectivity index (χ0n) is 17.8. The summed E-state index contributed by atoms with van der Waals surface area (Å²) in [6.45, 7) is -1.14.